The number of carbonyl (C=O) groups is 3. The Balaban J connectivity index is 1.79. The summed E-state index contributed by atoms with van der Waals surface area (Å²) in [4.78, 5) is 41.3. The molecule has 8 heteroatoms. The van der Waals surface area contributed by atoms with Crippen LogP contribution in [0.25, 0.3) is 0 Å². The molecule has 0 spiro atoms. The molecule has 0 aliphatic heterocycles. The summed E-state index contributed by atoms with van der Waals surface area (Å²) in [6, 6.07) is 12.5. The number of thiophene rings is 1. The summed E-state index contributed by atoms with van der Waals surface area (Å²) >= 11 is 1.39. The first-order valence-electron chi connectivity index (χ1n) is 10.5. The van der Waals surface area contributed by atoms with Crippen molar-refractivity contribution >= 4 is 34.8 Å². The van der Waals surface area contributed by atoms with Crippen LogP contribution in [0.1, 0.15) is 57.5 Å². The number of nitrogens with zero attached hydrogens (tertiary/aromatic N) is 1. The van der Waals surface area contributed by atoms with Gasteiger partial charge in [0.15, 0.2) is 11.8 Å². The van der Waals surface area contributed by atoms with Gasteiger partial charge in [0.2, 0.25) is 5.91 Å². The highest BCUT2D eigenvalue weighted by Gasteiger charge is 2.36. The Bertz CT molecular complexity index is 1070. The smallest absolute Gasteiger partial charge is 0.337 e. The number of ether oxygens (including phenoxy) is 1. The molecule has 2 aromatic heterocycles. The number of hydrogen-bond acceptors (Lipinski definition) is 6. The second-order valence-electron chi connectivity index (χ2n) is 7.60. The highest BCUT2D eigenvalue weighted by Crippen LogP contribution is 2.33. The van der Waals surface area contributed by atoms with Gasteiger partial charge >= 0.3 is 5.97 Å². The van der Waals surface area contributed by atoms with Crippen LogP contribution < -0.4 is 10.2 Å². The molecule has 2 heterocycles. The van der Waals surface area contributed by atoms with Crippen LogP contribution in [-0.4, -0.2) is 30.9 Å². The molecular weight excluding hydrogens is 428 g/mol. The maximum Gasteiger partial charge on any atom is 0.337 e. The van der Waals surface area contributed by atoms with E-state index in [2.05, 4.69) is 5.32 Å². The molecule has 1 N–H and O–H groups in total. The van der Waals surface area contributed by atoms with Crippen LogP contribution in [0.2, 0.25) is 0 Å². The van der Waals surface area contributed by atoms with Crippen molar-refractivity contribution in [2.24, 2.45) is 0 Å². The number of rotatable bonds is 7. The largest absolute Gasteiger partial charge is 0.465 e. The summed E-state index contributed by atoms with van der Waals surface area (Å²) in [6.07, 6.45) is 5.41. The number of methoxy groups -OCH3 is 1. The van der Waals surface area contributed by atoms with Crippen LogP contribution in [0.4, 0.5) is 5.69 Å². The highest BCUT2D eigenvalue weighted by atomic mass is 32.1. The SMILES string of the molecule is COC(=O)c1cccc(N(C(=O)c2ccco2)C(C(=O)NC2CCCC2)c2cccs2)c1. The van der Waals surface area contributed by atoms with Crippen LogP contribution in [0.15, 0.2) is 64.6 Å². The first-order valence-corrected chi connectivity index (χ1v) is 11.4. The molecule has 1 aliphatic carbocycles. The normalized spacial score (nSPS) is 14.7. The van der Waals surface area contributed by atoms with Crippen LogP contribution in [-0.2, 0) is 9.53 Å². The number of amides is 2. The Labute approximate surface area is 190 Å². The zero-order valence-electron chi connectivity index (χ0n) is 17.7. The Morgan fingerprint density at radius 2 is 1.94 bits per heavy atom. The first kappa shape index (κ1) is 21.8. The van der Waals surface area contributed by atoms with Crippen molar-refractivity contribution in [3.63, 3.8) is 0 Å². The van der Waals surface area contributed by atoms with Crippen molar-refractivity contribution in [2.45, 2.75) is 37.8 Å². The molecule has 0 bridgehead atoms. The number of anilines is 1. The maximum atomic E-state index is 13.6. The van der Waals surface area contributed by atoms with Gasteiger partial charge in [-0.3, -0.25) is 14.5 Å². The summed E-state index contributed by atoms with van der Waals surface area (Å²) in [6.45, 7) is 0. The zero-order valence-corrected chi connectivity index (χ0v) is 18.5. The summed E-state index contributed by atoms with van der Waals surface area (Å²) < 4.78 is 10.2. The lowest BCUT2D eigenvalue weighted by Crippen LogP contribution is -2.46. The molecular formula is C24H24N2O5S. The number of furan rings is 1. The minimum Gasteiger partial charge on any atom is -0.465 e. The monoisotopic (exact) mass is 452 g/mol. The first-order chi connectivity index (χ1) is 15.6. The van der Waals surface area contributed by atoms with Crippen LogP contribution in [0, 0.1) is 0 Å². The third-order valence-electron chi connectivity index (χ3n) is 5.52. The summed E-state index contributed by atoms with van der Waals surface area (Å²) in [5.74, 6) is -1.16. The molecule has 4 rings (SSSR count). The van der Waals surface area contributed by atoms with Crippen molar-refractivity contribution in [3.8, 4) is 0 Å². The van der Waals surface area contributed by atoms with Gasteiger partial charge in [-0.05, 0) is 54.6 Å². The van der Waals surface area contributed by atoms with Gasteiger partial charge < -0.3 is 14.5 Å². The van der Waals surface area contributed by atoms with E-state index in [-0.39, 0.29) is 23.3 Å². The molecule has 1 saturated carbocycles. The fourth-order valence-electron chi connectivity index (χ4n) is 3.97. The molecule has 0 saturated heterocycles. The van der Waals surface area contributed by atoms with E-state index in [1.807, 2.05) is 17.5 Å². The van der Waals surface area contributed by atoms with Gasteiger partial charge in [0, 0.05) is 16.6 Å². The lowest BCUT2D eigenvalue weighted by atomic mass is 10.1. The predicted octanol–water partition coefficient (Wildman–Crippen LogP) is 4.57. The average molecular weight is 453 g/mol. The predicted molar refractivity (Wildman–Crippen MR) is 121 cm³/mol. The molecule has 0 radical (unpaired) electrons. The second-order valence-corrected chi connectivity index (χ2v) is 8.58. The zero-order chi connectivity index (χ0) is 22.5. The van der Waals surface area contributed by atoms with E-state index in [4.69, 9.17) is 9.15 Å². The fourth-order valence-corrected chi connectivity index (χ4v) is 4.79. The molecule has 1 atom stereocenters. The Morgan fingerprint density at radius 1 is 1.12 bits per heavy atom. The lowest BCUT2D eigenvalue weighted by molar-refractivity contribution is -0.123. The standard InChI is InChI=1S/C24H24N2O5S/c1-30-24(29)16-7-4-10-18(15-16)26(23(28)19-11-5-13-31-19)21(20-12-6-14-32-20)22(27)25-17-8-2-3-9-17/h4-7,10-15,17,21H,2-3,8-9H2,1H3,(H,25,27). The van der Waals surface area contributed by atoms with Crippen molar-refractivity contribution in [1.29, 1.82) is 0 Å². The molecule has 1 unspecified atom stereocenters. The second kappa shape index (κ2) is 9.82. The third-order valence-corrected chi connectivity index (χ3v) is 6.44. The minimum atomic E-state index is -0.916. The Kier molecular flexibility index (Phi) is 6.70. The van der Waals surface area contributed by atoms with Crippen LogP contribution in [0.5, 0.6) is 0 Å². The third kappa shape index (κ3) is 4.60. The maximum absolute atomic E-state index is 13.6. The summed E-state index contributed by atoms with van der Waals surface area (Å²) in [7, 11) is 1.30. The van der Waals surface area contributed by atoms with E-state index < -0.39 is 17.9 Å². The van der Waals surface area contributed by atoms with E-state index in [1.165, 1.54) is 29.6 Å². The number of hydrogen-bond donors (Lipinski definition) is 1. The molecule has 166 valence electrons. The van der Waals surface area contributed by atoms with Gasteiger partial charge in [0.05, 0.1) is 18.9 Å². The Hall–Kier alpha value is -3.39. The van der Waals surface area contributed by atoms with Gasteiger partial charge in [0.1, 0.15) is 0 Å². The number of nitrogens with one attached hydrogen (secondary N) is 1. The van der Waals surface area contributed by atoms with E-state index in [9.17, 15) is 14.4 Å². The summed E-state index contributed by atoms with van der Waals surface area (Å²) in [5, 5.41) is 4.98. The van der Waals surface area contributed by atoms with Crippen molar-refractivity contribution in [2.75, 3.05) is 12.0 Å². The number of benzene rings is 1. The number of esters is 1. The van der Waals surface area contributed by atoms with Crippen LogP contribution >= 0.6 is 11.3 Å². The fraction of sp³-hybridized carbons (Fsp3) is 0.292. The topological polar surface area (TPSA) is 88.8 Å². The van der Waals surface area contributed by atoms with Gasteiger partial charge in [-0.15, -0.1) is 11.3 Å². The minimum absolute atomic E-state index is 0.0898. The average Bonchev–Trinajstić information content (AvgIpc) is 3.59. The van der Waals surface area contributed by atoms with E-state index in [0.29, 0.717) is 10.6 Å². The van der Waals surface area contributed by atoms with Crippen molar-refractivity contribution < 1.29 is 23.5 Å². The highest BCUT2D eigenvalue weighted by molar-refractivity contribution is 7.10. The molecule has 1 fully saturated rings. The van der Waals surface area contributed by atoms with Crippen molar-refractivity contribution in [3.05, 3.63) is 76.4 Å². The number of carbonyl (C=O) groups excluding carboxylic acids is 3. The van der Waals surface area contributed by atoms with Crippen molar-refractivity contribution in [1.82, 2.24) is 5.32 Å². The van der Waals surface area contributed by atoms with E-state index in [0.717, 1.165) is 25.7 Å². The van der Waals surface area contributed by atoms with Gasteiger partial charge in [-0.1, -0.05) is 25.0 Å². The molecule has 1 aliphatic rings. The lowest BCUT2D eigenvalue weighted by Gasteiger charge is -2.31. The summed E-state index contributed by atoms with van der Waals surface area (Å²) in [5.41, 5.74) is 0.678. The molecule has 3 aromatic rings. The van der Waals surface area contributed by atoms with Gasteiger partial charge in [-0.2, -0.15) is 0 Å². The molecule has 32 heavy (non-hydrogen) atoms. The van der Waals surface area contributed by atoms with E-state index in [1.54, 1.807) is 36.4 Å². The van der Waals surface area contributed by atoms with Crippen LogP contribution in [0.3, 0.4) is 0 Å². The molecule has 1 aromatic carbocycles. The Morgan fingerprint density at radius 3 is 2.59 bits per heavy atom. The molecule has 2 amide bonds. The molecule has 7 nitrogen and oxygen atoms in total. The van der Waals surface area contributed by atoms with E-state index >= 15 is 0 Å². The van der Waals surface area contributed by atoms with Gasteiger partial charge in [0.25, 0.3) is 5.91 Å². The van der Waals surface area contributed by atoms with Gasteiger partial charge in [-0.25, -0.2) is 4.79 Å². The quantitative estimate of drug-likeness (QED) is 0.530.